The Morgan fingerprint density at radius 2 is 2.07 bits per heavy atom. The number of amides is 1. The van der Waals surface area contributed by atoms with E-state index in [1.54, 1.807) is 0 Å². The molecule has 0 unspecified atom stereocenters. The lowest BCUT2D eigenvalue weighted by Crippen LogP contribution is -2.56. The minimum absolute atomic E-state index is 0.230. The van der Waals surface area contributed by atoms with Gasteiger partial charge in [0, 0.05) is 65.1 Å². The zero-order valence-electron chi connectivity index (χ0n) is 17.1. The molecule has 150 valence electrons. The molecule has 0 atom stereocenters. The van der Waals surface area contributed by atoms with Crippen LogP contribution in [0.2, 0.25) is 0 Å². The van der Waals surface area contributed by atoms with Crippen molar-refractivity contribution in [1.82, 2.24) is 14.5 Å². The number of benzene rings is 1. The van der Waals surface area contributed by atoms with Crippen LogP contribution in [0.15, 0.2) is 30.6 Å². The first-order chi connectivity index (χ1) is 13.5. The van der Waals surface area contributed by atoms with E-state index in [9.17, 15) is 4.79 Å². The van der Waals surface area contributed by atoms with Gasteiger partial charge in [0.15, 0.2) is 0 Å². The van der Waals surface area contributed by atoms with Crippen LogP contribution >= 0.6 is 0 Å². The van der Waals surface area contributed by atoms with E-state index in [2.05, 4.69) is 38.6 Å². The van der Waals surface area contributed by atoms with Crippen molar-refractivity contribution in [3.8, 4) is 0 Å². The molecule has 1 fully saturated rings. The van der Waals surface area contributed by atoms with Crippen LogP contribution in [0.25, 0.3) is 0 Å². The van der Waals surface area contributed by atoms with E-state index in [0.717, 1.165) is 37.9 Å². The van der Waals surface area contributed by atoms with Crippen LogP contribution in [0, 0.1) is 0 Å². The van der Waals surface area contributed by atoms with Gasteiger partial charge in [-0.15, -0.1) is 0 Å². The zero-order chi connectivity index (χ0) is 19.7. The SMILES string of the molecule is CN(C)c1cccc(CCC(=O)N2CCc3c(ncn3C)C23CCOCC3)c1. The van der Waals surface area contributed by atoms with Crippen LogP contribution in [0.5, 0.6) is 0 Å². The van der Waals surface area contributed by atoms with Gasteiger partial charge in [0.2, 0.25) is 5.91 Å². The number of ether oxygens (including phenoxy) is 1. The largest absolute Gasteiger partial charge is 0.381 e. The number of anilines is 1. The average Bonchev–Trinajstić information content (AvgIpc) is 3.09. The molecule has 1 spiro atoms. The van der Waals surface area contributed by atoms with Gasteiger partial charge < -0.3 is 19.1 Å². The number of hydrogen-bond acceptors (Lipinski definition) is 4. The number of aromatic nitrogens is 2. The molecule has 3 heterocycles. The Balaban J connectivity index is 1.54. The highest BCUT2D eigenvalue weighted by Crippen LogP contribution is 2.42. The van der Waals surface area contributed by atoms with Gasteiger partial charge in [0.25, 0.3) is 0 Å². The van der Waals surface area contributed by atoms with E-state index < -0.39 is 0 Å². The summed E-state index contributed by atoms with van der Waals surface area (Å²) in [6.07, 6.45) is 5.72. The summed E-state index contributed by atoms with van der Waals surface area (Å²) < 4.78 is 7.75. The fraction of sp³-hybridized carbons (Fsp3) is 0.545. The third-order valence-electron chi connectivity index (χ3n) is 6.26. The molecule has 28 heavy (non-hydrogen) atoms. The molecule has 4 rings (SSSR count). The molecule has 1 saturated heterocycles. The van der Waals surface area contributed by atoms with Crippen molar-refractivity contribution < 1.29 is 9.53 Å². The first-order valence-corrected chi connectivity index (χ1v) is 10.2. The van der Waals surface area contributed by atoms with Crippen LogP contribution in [-0.2, 0) is 35.0 Å². The number of rotatable bonds is 4. The second kappa shape index (κ2) is 7.59. The van der Waals surface area contributed by atoms with Crippen molar-refractivity contribution in [1.29, 1.82) is 0 Å². The van der Waals surface area contributed by atoms with Crippen molar-refractivity contribution >= 4 is 11.6 Å². The lowest BCUT2D eigenvalue weighted by atomic mass is 9.80. The number of aryl methyl sites for hydroxylation is 2. The number of carbonyl (C=O) groups is 1. The molecule has 2 aliphatic rings. The molecule has 0 radical (unpaired) electrons. The first-order valence-electron chi connectivity index (χ1n) is 10.2. The van der Waals surface area contributed by atoms with Crippen molar-refractivity contribution in [2.45, 2.75) is 37.6 Å². The van der Waals surface area contributed by atoms with Gasteiger partial charge >= 0.3 is 0 Å². The third-order valence-corrected chi connectivity index (χ3v) is 6.26. The summed E-state index contributed by atoms with van der Waals surface area (Å²) in [6.45, 7) is 2.14. The third kappa shape index (κ3) is 3.30. The number of nitrogens with zero attached hydrogens (tertiary/aromatic N) is 4. The maximum absolute atomic E-state index is 13.3. The Bertz CT molecular complexity index is 852. The highest BCUT2D eigenvalue weighted by atomic mass is 16.5. The minimum Gasteiger partial charge on any atom is -0.381 e. The van der Waals surface area contributed by atoms with Gasteiger partial charge in [-0.3, -0.25) is 4.79 Å². The topological polar surface area (TPSA) is 50.6 Å². The molecule has 1 aromatic heterocycles. The highest BCUT2D eigenvalue weighted by molar-refractivity contribution is 5.78. The fourth-order valence-corrected chi connectivity index (χ4v) is 4.65. The zero-order valence-corrected chi connectivity index (χ0v) is 17.1. The number of imidazole rings is 1. The Hall–Kier alpha value is -2.34. The standard InChI is InChI=1S/C22H30N4O2/c1-24(2)18-6-4-5-17(15-18)7-8-20(27)26-12-9-19-21(23-16-25(19)3)22(26)10-13-28-14-11-22/h4-6,15-16H,7-14H2,1-3H3. The van der Waals surface area contributed by atoms with Crippen LogP contribution < -0.4 is 4.90 Å². The van der Waals surface area contributed by atoms with Crippen LogP contribution in [0.1, 0.15) is 36.2 Å². The summed E-state index contributed by atoms with van der Waals surface area (Å²) in [5, 5.41) is 0. The van der Waals surface area contributed by atoms with Crippen molar-refractivity contribution in [3.05, 3.63) is 47.5 Å². The maximum Gasteiger partial charge on any atom is 0.223 e. The smallest absolute Gasteiger partial charge is 0.223 e. The molecule has 2 aliphatic heterocycles. The monoisotopic (exact) mass is 382 g/mol. The Kier molecular flexibility index (Phi) is 5.15. The van der Waals surface area contributed by atoms with E-state index in [1.807, 2.05) is 27.5 Å². The summed E-state index contributed by atoms with van der Waals surface area (Å²) in [4.78, 5) is 22.2. The van der Waals surface area contributed by atoms with Gasteiger partial charge in [-0.2, -0.15) is 0 Å². The van der Waals surface area contributed by atoms with Gasteiger partial charge in [0.05, 0.1) is 17.6 Å². The second-order valence-electron chi connectivity index (χ2n) is 8.15. The van der Waals surface area contributed by atoms with E-state index >= 15 is 0 Å². The van der Waals surface area contributed by atoms with Gasteiger partial charge in [-0.25, -0.2) is 4.98 Å². The minimum atomic E-state index is -0.296. The Labute approximate surface area is 167 Å². The quantitative estimate of drug-likeness (QED) is 0.815. The molecule has 0 bridgehead atoms. The van der Waals surface area contributed by atoms with Crippen molar-refractivity contribution in [3.63, 3.8) is 0 Å². The summed E-state index contributed by atoms with van der Waals surface area (Å²) in [5.74, 6) is 0.230. The predicted octanol–water partition coefficient (Wildman–Crippen LogP) is 2.51. The first kappa shape index (κ1) is 19.0. The molecule has 2 aromatic rings. The van der Waals surface area contributed by atoms with Gasteiger partial charge in [0.1, 0.15) is 0 Å². The van der Waals surface area contributed by atoms with Crippen molar-refractivity contribution in [2.24, 2.45) is 7.05 Å². The van der Waals surface area contributed by atoms with E-state index in [-0.39, 0.29) is 11.4 Å². The fourth-order valence-electron chi connectivity index (χ4n) is 4.65. The summed E-state index contributed by atoms with van der Waals surface area (Å²) >= 11 is 0. The molecule has 0 saturated carbocycles. The van der Waals surface area contributed by atoms with Crippen molar-refractivity contribution in [2.75, 3.05) is 38.8 Å². The number of fused-ring (bicyclic) bond motifs is 2. The number of carbonyl (C=O) groups excluding carboxylic acids is 1. The van der Waals surface area contributed by atoms with Gasteiger partial charge in [-0.05, 0) is 37.0 Å². The molecule has 6 nitrogen and oxygen atoms in total. The normalized spacial score (nSPS) is 18.2. The van der Waals surface area contributed by atoms with Gasteiger partial charge in [-0.1, -0.05) is 12.1 Å². The molecule has 0 aliphatic carbocycles. The van der Waals surface area contributed by atoms with E-state index in [0.29, 0.717) is 19.6 Å². The van der Waals surface area contributed by atoms with E-state index in [1.165, 1.54) is 16.9 Å². The Morgan fingerprint density at radius 3 is 2.82 bits per heavy atom. The molecule has 0 N–H and O–H groups in total. The predicted molar refractivity (Wildman–Crippen MR) is 109 cm³/mol. The summed E-state index contributed by atoms with van der Waals surface area (Å²) in [6, 6.07) is 8.44. The average molecular weight is 383 g/mol. The molecular weight excluding hydrogens is 352 g/mol. The summed E-state index contributed by atoms with van der Waals surface area (Å²) in [7, 11) is 6.13. The molecule has 1 amide bonds. The van der Waals surface area contributed by atoms with E-state index in [4.69, 9.17) is 9.72 Å². The molecular formula is C22H30N4O2. The molecule has 1 aromatic carbocycles. The maximum atomic E-state index is 13.3. The molecule has 6 heteroatoms. The van der Waals surface area contributed by atoms with Crippen LogP contribution in [-0.4, -0.2) is 54.2 Å². The lowest BCUT2D eigenvalue weighted by Gasteiger charge is -2.48. The summed E-state index contributed by atoms with van der Waals surface area (Å²) in [5.41, 5.74) is 4.44. The highest BCUT2D eigenvalue weighted by Gasteiger charge is 2.47. The number of hydrogen-bond donors (Lipinski definition) is 0. The van der Waals surface area contributed by atoms with Crippen LogP contribution in [0.4, 0.5) is 5.69 Å². The lowest BCUT2D eigenvalue weighted by molar-refractivity contribution is -0.144. The van der Waals surface area contributed by atoms with Crippen LogP contribution in [0.3, 0.4) is 0 Å². The Morgan fingerprint density at radius 1 is 1.29 bits per heavy atom. The second-order valence-corrected chi connectivity index (χ2v) is 8.15.